The number of halogens is 1. The summed E-state index contributed by atoms with van der Waals surface area (Å²) in [6, 6.07) is 0. The maximum absolute atomic E-state index is 3.37. The molecular formula is C5H12AgI. The second-order valence-corrected chi connectivity index (χ2v) is 2.10. The Morgan fingerprint density at radius 3 is 2.00 bits per heavy atom. The molecule has 0 saturated carbocycles. The van der Waals surface area contributed by atoms with Gasteiger partial charge in [-0.15, -0.1) is 24.0 Å². The third kappa shape index (κ3) is 11.2. The molecule has 0 fully saturated rings. The summed E-state index contributed by atoms with van der Waals surface area (Å²) < 4.78 is 1.16. The van der Waals surface area contributed by atoms with Crippen LogP contribution in [0.15, 0.2) is 0 Å². The zero-order valence-electron chi connectivity index (χ0n) is 4.54. The van der Waals surface area contributed by atoms with Gasteiger partial charge in [0, 0.05) is 0 Å². The Labute approximate surface area is 75.4 Å². The fourth-order valence-corrected chi connectivity index (χ4v) is 0.696. The molecule has 0 saturated heterocycles. The minimum Gasteiger partial charge on any atom is -0.107 e. The Kier molecular flexibility index (Phi) is 16.9. The third-order valence-corrected chi connectivity index (χ3v) is 1.23. The van der Waals surface area contributed by atoms with Crippen molar-refractivity contribution in [2.24, 2.45) is 0 Å². The van der Waals surface area contributed by atoms with Gasteiger partial charge in [-0.3, -0.25) is 0 Å². The first-order valence-electron chi connectivity index (χ1n) is 2.42. The zero-order chi connectivity index (χ0) is 4.83. The van der Waals surface area contributed by atoms with Gasteiger partial charge in [-0.2, -0.15) is 0 Å². The molecule has 0 N–H and O–H groups in total. The second-order valence-electron chi connectivity index (χ2n) is 1.36. The zero-order valence-corrected chi connectivity index (χ0v) is 8.35. The summed E-state index contributed by atoms with van der Waals surface area (Å²) in [6.07, 6.45) is 4.02. The summed E-state index contributed by atoms with van der Waals surface area (Å²) >= 11 is 3.37. The van der Waals surface area contributed by atoms with Crippen molar-refractivity contribution >= 4 is 24.0 Å². The van der Waals surface area contributed by atoms with Gasteiger partial charge in [-0.25, -0.2) is 0 Å². The van der Waals surface area contributed by atoms with E-state index in [4.69, 9.17) is 0 Å². The molecule has 7 heavy (non-hydrogen) atoms. The van der Waals surface area contributed by atoms with Crippen molar-refractivity contribution in [1.29, 1.82) is 0 Å². The van der Waals surface area contributed by atoms with Crippen LogP contribution in [0.3, 0.4) is 0 Å². The van der Waals surface area contributed by atoms with Crippen LogP contribution in [0.4, 0.5) is 0 Å². The predicted octanol–water partition coefficient (Wildman–Crippen LogP) is 2.76. The molecule has 0 atom stereocenters. The molecule has 0 aromatic carbocycles. The third-order valence-electron chi connectivity index (χ3n) is 0.710. The van der Waals surface area contributed by atoms with Gasteiger partial charge in [0.15, 0.2) is 0 Å². The van der Waals surface area contributed by atoms with E-state index in [1.807, 2.05) is 0 Å². The van der Waals surface area contributed by atoms with Crippen LogP contribution >= 0.6 is 24.0 Å². The summed E-state index contributed by atoms with van der Waals surface area (Å²) in [4.78, 5) is 0. The SMILES string of the molecule is CCCC[CH2][Ag].I. The number of hydrogen-bond donors (Lipinski definition) is 0. The van der Waals surface area contributed by atoms with E-state index in [1.54, 1.807) is 0 Å². The summed E-state index contributed by atoms with van der Waals surface area (Å²) in [5, 5.41) is 0. The fraction of sp³-hybridized carbons (Fsp3) is 1.00. The van der Waals surface area contributed by atoms with E-state index in [0.717, 1.165) is 0 Å². The number of hydrogen-bond acceptors (Lipinski definition) is 0. The van der Waals surface area contributed by atoms with Gasteiger partial charge in [-0.05, 0) is 0 Å². The van der Waals surface area contributed by atoms with Crippen LogP contribution in [-0.4, -0.2) is 0 Å². The summed E-state index contributed by atoms with van der Waals surface area (Å²) in [6.45, 7) is 2.21. The Balaban J connectivity index is 0. The molecule has 0 spiro atoms. The van der Waals surface area contributed by atoms with Gasteiger partial charge < -0.3 is 0 Å². The van der Waals surface area contributed by atoms with E-state index >= 15 is 0 Å². The van der Waals surface area contributed by atoms with Crippen molar-refractivity contribution in [3.05, 3.63) is 0 Å². The summed E-state index contributed by atoms with van der Waals surface area (Å²) in [7, 11) is 0. The average molecular weight is 307 g/mol. The molecule has 0 aromatic rings. The molecule has 0 aliphatic rings. The van der Waals surface area contributed by atoms with E-state index < -0.39 is 0 Å². The van der Waals surface area contributed by atoms with Crippen molar-refractivity contribution in [3.8, 4) is 0 Å². The Hall–Kier alpha value is 1.47. The normalized spacial score (nSPS) is 7.86. The first-order valence-corrected chi connectivity index (χ1v) is 3.47. The quantitative estimate of drug-likeness (QED) is 0.427. The molecule has 0 bridgehead atoms. The molecule has 0 aliphatic heterocycles. The van der Waals surface area contributed by atoms with Crippen LogP contribution in [0.2, 0.25) is 4.64 Å². The van der Waals surface area contributed by atoms with Crippen LogP contribution in [0, 0.1) is 0 Å². The second kappa shape index (κ2) is 10.5. The Morgan fingerprint density at radius 1 is 1.29 bits per heavy atom. The van der Waals surface area contributed by atoms with Gasteiger partial charge in [0.25, 0.3) is 0 Å². The molecule has 0 amide bonds. The smallest absolute Gasteiger partial charge is 0.107 e. The van der Waals surface area contributed by atoms with E-state index in [-0.39, 0.29) is 24.0 Å². The van der Waals surface area contributed by atoms with Gasteiger partial charge in [-0.1, -0.05) is 0 Å². The molecule has 0 radical (unpaired) electrons. The molecule has 0 aromatic heterocycles. The van der Waals surface area contributed by atoms with Crippen molar-refractivity contribution < 1.29 is 21.1 Å². The molecule has 0 nitrogen and oxygen atoms in total. The van der Waals surface area contributed by atoms with E-state index in [0.29, 0.717) is 0 Å². The van der Waals surface area contributed by atoms with Crippen molar-refractivity contribution in [2.75, 3.05) is 0 Å². The minimum atomic E-state index is 0. The minimum absolute atomic E-state index is 0. The van der Waals surface area contributed by atoms with Crippen molar-refractivity contribution in [2.45, 2.75) is 30.8 Å². The molecule has 0 rings (SSSR count). The van der Waals surface area contributed by atoms with E-state index in [2.05, 4.69) is 28.0 Å². The molecule has 0 aliphatic carbocycles. The Morgan fingerprint density at radius 2 is 1.86 bits per heavy atom. The van der Waals surface area contributed by atoms with Gasteiger partial charge in [0.2, 0.25) is 0 Å². The van der Waals surface area contributed by atoms with E-state index in [9.17, 15) is 0 Å². The monoisotopic (exact) mass is 306 g/mol. The average Bonchev–Trinajstić information content (AvgIpc) is 1.61. The molecule has 2 heteroatoms. The first-order chi connectivity index (χ1) is 2.91. The van der Waals surface area contributed by atoms with Crippen molar-refractivity contribution in [3.63, 3.8) is 0 Å². The largest absolute Gasteiger partial charge is 0.107 e. The van der Waals surface area contributed by atoms with Crippen LogP contribution in [-0.2, 0) is 21.1 Å². The topological polar surface area (TPSA) is 0 Å². The van der Waals surface area contributed by atoms with Gasteiger partial charge in [0.1, 0.15) is 0 Å². The maximum atomic E-state index is 3.37. The molecule has 50 valence electrons. The summed E-state index contributed by atoms with van der Waals surface area (Å²) in [5.74, 6) is 0. The molecule has 0 unspecified atom stereocenters. The van der Waals surface area contributed by atoms with Crippen LogP contribution in [0.25, 0.3) is 0 Å². The Bertz CT molecular complexity index is 20.0. The summed E-state index contributed by atoms with van der Waals surface area (Å²) in [5.41, 5.74) is 0. The first kappa shape index (κ1) is 11.3. The van der Waals surface area contributed by atoms with Gasteiger partial charge >= 0.3 is 51.9 Å². The number of unbranched alkanes of at least 4 members (excludes halogenated alkanes) is 2. The van der Waals surface area contributed by atoms with Crippen LogP contribution < -0.4 is 0 Å². The van der Waals surface area contributed by atoms with Crippen LogP contribution in [0.5, 0.6) is 0 Å². The standard InChI is InChI=1S/C5H11.Ag.HI/c1-3-5-4-2;;/h1,3-5H2,2H3;;1H. The fourth-order valence-electron chi connectivity index (χ4n) is 0.325. The van der Waals surface area contributed by atoms with E-state index in [1.165, 1.54) is 23.9 Å². The molecular weight excluding hydrogens is 295 g/mol. The predicted molar refractivity (Wildman–Crippen MR) is 39.7 cm³/mol. The van der Waals surface area contributed by atoms with Gasteiger partial charge in [0.05, 0.1) is 0 Å². The molecule has 0 heterocycles. The van der Waals surface area contributed by atoms with Crippen molar-refractivity contribution in [1.82, 2.24) is 0 Å². The van der Waals surface area contributed by atoms with Crippen LogP contribution in [0.1, 0.15) is 26.2 Å². The number of rotatable bonds is 3. The maximum Gasteiger partial charge on any atom is -0.107 e.